The molecule has 14 heavy (non-hydrogen) atoms. The van der Waals surface area contributed by atoms with Gasteiger partial charge in [-0.3, -0.25) is 4.68 Å². The first-order valence-corrected chi connectivity index (χ1v) is 4.80. The highest BCUT2D eigenvalue weighted by molar-refractivity contribution is 5.89. The smallest absolute Gasteiger partial charge is 0.319 e. The van der Waals surface area contributed by atoms with Crippen molar-refractivity contribution >= 4 is 11.7 Å². The molecule has 2 amide bonds. The van der Waals surface area contributed by atoms with Gasteiger partial charge in [-0.2, -0.15) is 5.10 Å². The summed E-state index contributed by atoms with van der Waals surface area (Å²) < 4.78 is 1.65. The molecule has 1 fully saturated rings. The van der Waals surface area contributed by atoms with Gasteiger partial charge >= 0.3 is 6.03 Å². The van der Waals surface area contributed by atoms with Gasteiger partial charge in [0.05, 0.1) is 11.9 Å². The average Bonchev–Trinajstić information content (AvgIpc) is 2.44. The van der Waals surface area contributed by atoms with Crippen molar-refractivity contribution in [3.63, 3.8) is 0 Å². The first-order valence-electron chi connectivity index (χ1n) is 4.80. The van der Waals surface area contributed by atoms with Crippen LogP contribution in [0.3, 0.4) is 0 Å². The number of nitrogens with zero attached hydrogens (tertiary/aromatic N) is 2. The third kappa shape index (κ3) is 2.04. The van der Waals surface area contributed by atoms with Crippen molar-refractivity contribution in [2.45, 2.75) is 25.3 Å². The van der Waals surface area contributed by atoms with Gasteiger partial charge in [0.25, 0.3) is 0 Å². The molecule has 0 saturated heterocycles. The summed E-state index contributed by atoms with van der Waals surface area (Å²) >= 11 is 0. The topological polar surface area (TPSA) is 59.0 Å². The number of aromatic nitrogens is 2. The number of aryl methyl sites for hydroxylation is 1. The van der Waals surface area contributed by atoms with Gasteiger partial charge in [0.15, 0.2) is 0 Å². The minimum absolute atomic E-state index is 0.136. The van der Waals surface area contributed by atoms with Crippen LogP contribution in [0.1, 0.15) is 19.3 Å². The fraction of sp³-hybridized carbons (Fsp3) is 0.556. The molecule has 1 aromatic rings. The molecule has 0 aromatic carbocycles. The zero-order chi connectivity index (χ0) is 9.97. The first-order chi connectivity index (χ1) is 6.74. The molecule has 0 aliphatic heterocycles. The Balaban J connectivity index is 1.81. The highest BCUT2D eigenvalue weighted by Crippen LogP contribution is 2.18. The lowest BCUT2D eigenvalue weighted by Crippen LogP contribution is -2.41. The maximum absolute atomic E-state index is 11.4. The molecule has 0 atom stereocenters. The second-order valence-electron chi connectivity index (χ2n) is 3.63. The lowest BCUT2D eigenvalue weighted by Gasteiger charge is -2.26. The van der Waals surface area contributed by atoms with Crippen molar-refractivity contribution < 1.29 is 4.79 Å². The summed E-state index contributed by atoms with van der Waals surface area (Å²) in [5, 5.41) is 9.57. The van der Waals surface area contributed by atoms with Gasteiger partial charge in [-0.1, -0.05) is 0 Å². The Morgan fingerprint density at radius 2 is 2.43 bits per heavy atom. The van der Waals surface area contributed by atoms with Crippen molar-refractivity contribution in [2.75, 3.05) is 5.32 Å². The van der Waals surface area contributed by atoms with Crippen LogP contribution >= 0.6 is 0 Å². The number of urea groups is 1. The third-order valence-electron chi connectivity index (χ3n) is 2.40. The lowest BCUT2D eigenvalue weighted by molar-refractivity contribution is 0.240. The van der Waals surface area contributed by atoms with E-state index in [1.807, 2.05) is 7.05 Å². The largest absolute Gasteiger partial charge is 0.335 e. The molecule has 0 bridgehead atoms. The number of hydrogen-bond donors (Lipinski definition) is 2. The molecule has 76 valence electrons. The summed E-state index contributed by atoms with van der Waals surface area (Å²) in [4.78, 5) is 11.4. The number of anilines is 1. The molecular formula is C9H14N4O. The van der Waals surface area contributed by atoms with Gasteiger partial charge in [-0.15, -0.1) is 0 Å². The molecule has 5 nitrogen and oxygen atoms in total. The van der Waals surface area contributed by atoms with Gasteiger partial charge in [-0.05, 0) is 19.3 Å². The maximum atomic E-state index is 11.4. The summed E-state index contributed by atoms with van der Waals surface area (Å²) in [6, 6.07) is 0.231. The van der Waals surface area contributed by atoms with Crippen molar-refractivity contribution in [1.82, 2.24) is 15.1 Å². The molecule has 1 heterocycles. The Morgan fingerprint density at radius 3 is 2.93 bits per heavy atom. The summed E-state index contributed by atoms with van der Waals surface area (Å²) in [6.45, 7) is 0. The SMILES string of the molecule is Cn1cc(NC(=O)NC2CCC2)cn1. The molecule has 0 radical (unpaired) electrons. The fourth-order valence-electron chi connectivity index (χ4n) is 1.39. The second-order valence-corrected chi connectivity index (χ2v) is 3.63. The maximum Gasteiger partial charge on any atom is 0.319 e. The fourth-order valence-corrected chi connectivity index (χ4v) is 1.39. The van der Waals surface area contributed by atoms with Crippen LogP contribution in [0.4, 0.5) is 10.5 Å². The Labute approximate surface area is 82.5 Å². The van der Waals surface area contributed by atoms with E-state index in [2.05, 4.69) is 15.7 Å². The summed E-state index contributed by atoms with van der Waals surface area (Å²) in [5.41, 5.74) is 0.726. The van der Waals surface area contributed by atoms with Crippen molar-refractivity contribution in [2.24, 2.45) is 7.05 Å². The summed E-state index contributed by atoms with van der Waals surface area (Å²) in [5.74, 6) is 0. The Morgan fingerprint density at radius 1 is 1.64 bits per heavy atom. The summed E-state index contributed by atoms with van der Waals surface area (Å²) in [7, 11) is 1.81. The van der Waals surface area contributed by atoms with Crippen LogP contribution in [-0.4, -0.2) is 21.9 Å². The molecule has 0 unspecified atom stereocenters. The predicted molar refractivity (Wildman–Crippen MR) is 53.0 cm³/mol. The average molecular weight is 194 g/mol. The van der Waals surface area contributed by atoms with Crippen LogP contribution < -0.4 is 10.6 Å². The van der Waals surface area contributed by atoms with Crippen LogP contribution in [0.5, 0.6) is 0 Å². The van der Waals surface area contributed by atoms with E-state index in [9.17, 15) is 4.79 Å². The molecular weight excluding hydrogens is 180 g/mol. The van der Waals surface area contributed by atoms with Gasteiger partial charge in [0.1, 0.15) is 0 Å². The van der Waals surface area contributed by atoms with Gasteiger partial charge in [0.2, 0.25) is 0 Å². The van der Waals surface area contributed by atoms with Gasteiger partial charge < -0.3 is 10.6 Å². The molecule has 5 heteroatoms. The van der Waals surface area contributed by atoms with E-state index < -0.39 is 0 Å². The van der Waals surface area contributed by atoms with Crippen LogP contribution in [0, 0.1) is 0 Å². The summed E-state index contributed by atoms with van der Waals surface area (Å²) in [6.07, 6.45) is 6.81. The second kappa shape index (κ2) is 3.69. The zero-order valence-corrected chi connectivity index (χ0v) is 8.16. The minimum Gasteiger partial charge on any atom is -0.335 e. The van der Waals surface area contributed by atoms with Crippen LogP contribution in [0.15, 0.2) is 12.4 Å². The number of hydrogen-bond acceptors (Lipinski definition) is 2. The molecule has 1 aromatic heterocycles. The van der Waals surface area contributed by atoms with E-state index >= 15 is 0 Å². The highest BCUT2D eigenvalue weighted by Gasteiger charge is 2.19. The van der Waals surface area contributed by atoms with E-state index in [0.717, 1.165) is 18.5 Å². The number of amides is 2. The Bertz CT molecular complexity index is 329. The van der Waals surface area contributed by atoms with E-state index in [1.54, 1.807) is 17.1 Å². The molecule has 0 spiro atoms. The van der Waals surface area contributed by atoms with Gasteiger partial charge in [-0.25, -0.2) is 4.79 Å². The zero-order valence-electron chi connectivity index (χ0n) is 8.16. The number of carbonyl (C=O) groups excluding carboxylic acids is 1. The first kappa shape index (κ1) is 9.05. The Hall–Kier alpha value is -1.52. The van der Waals surface area contributed by atoms with E-state index in [0.29, 0.717) is 6.04 Å². The lowest BCUT2D eigenvalue weighted by atomic mass is 9.93. The third-order valence-corrected chi connectivity index (χ3v) is 2.40. The van der Waals surface area contributed by atoms with Crippen LogP contribution in [0.2, 0.25) is 0 Å². The molecule has 2 N–H and O–H groups in total. The molecule has 1 aliphatic rings. The molecule has 1 aliphatic carbocycles. The standard InChI is InChI=1S/C9H14N4O/c1-13-6-8(5-10-13)12-9(14)11-7-3-2-4-7/h5-7H,2-4H2,1H3,(H2,11,12,14). The van der Waals surface area contributed by atoms with Crippen LogP contribution in [0.25, 0.3) is 0 Å². The van der Waals surface area contributed by atoms with E-state index in [1.165, 1.54) is 6.42 Å². The highest BCUT2D eigenvalue weighted by atomic mass is 16.2. The van der Waals surface area contributed by atoms with Crippen molar-refractivity contribution in [1.29, 1.82) is 0 Å². The number of rotatable bonds is 2. The molecule has 1 saturated carbocycles. The predicted octanol–water partition coefficient (Wildman–Crippen LogP) is 1.09. The number of carbonyl (C=O) groups is 1. The molecule has 2 rings (SSSR count). The minimum atomic E-state index is -0.136. The van der Waals surface area contributed by atoms with Crippen molar-refractivity contribution in [3.05, 3.63) is 12.4 Å². The van der Waals surface area contributed by atoms with E-state index in [4.69, 9.17) is 0 Å². The quantitative estimate of drug-likeness (QED) is 0.740. The number of nitrogens with one attached hydrogen (secondary N) is 2. The van der Waals surface area contributed by atoms with E-state index in [-0.39, 0.29) is 6.03 Å². The normalized spacial score (nSPS) is 16.1. The van der Waals surface area contributed by atoms with Crippen molar-refractivity contribution in [3.8, 4) is 0 Å². The Kier molecular flexibility index (Phi) is 2.39. The monoisotopic (exact) mass is 194 g/mol. The van der Waals surface area contributed by atoms with Crippen LogP contribution in [-0.2, 0) is 7.05 Å². The van der Waals surface area contributed by atoms with Gasteiger partial charge in [0, 0.05) is 19.3 Å².